The first-order valence-corrected chi connectivity index (χ1v) is 9.71. The second-order valence-electron chi connectivity index (χ2n) is 7.64. The van der Waals surface area contributed by atoms with Crippen molar-refractivity contribution < 1.29 is 0 Å². The van der Waals surface area contributed by atoms with Gasteiger partial charge in [0.05, 0.1) is 0 Å². The number of nitrogens with one attached hydrogen (secondary N) is 1. The van der Waals surface area contributed by atoms with Gasteiger partial charge in [0.25, 0.3) is 0 Å². The highest BCUT2D eigenvalue weighted by Crippen LogP contribution is 2.32. The van der Waals surface area contributed by atoms with Crippen molar-refractivity contribution in [1.29, 1.82) is 0 Å². The molecule has 1 nitrogen and oxygen atoms in total. The van der Waals surface area contributed by atoms with Crippen molar-refractivity contribution in [3.8, 4) is 11.1 Å². The first-order valence-electron chi connectivity index (χ1n) is 9.71. The van der Waals surface area contributed by atoms with Crippen molar-refractivity contribution in [2.24, 2.45) is 0 Å². The number of anilines is 2. The lowest BCUT2D eigenvalue weighted by Gasteiger charge is -2.26. The normalized spacial score (nSPS) is 11.2. The highest BCUT2D eigenvalue weighted by atomic mass is 14.9. The molecule has 0 bridgehead atoms. The minimum Gasteiger partial charge on any atom is -0.356 e. The standard InChI is InChI=1S/C27H25N/c1-27(2,23-11-7-4-8-12-23)24-15-19-26(20-16-24)28-25-17-13-22(14-18-25)21-9-5-3-6-10-21/h3-20,28H,1-2H3. The first kappa shape index (κ1) is 18.1. The maximum absolute atomic E-state index is 3.50. The summed E-state index contributed by atoms with van der Waals surface area (Å²) in [7, 11) is 0. The van der Waals surface area contributed by atoms with E-state index in [4.69, 9.17) is 0 Å². The summed E-state index contributed by atoms with van der Waals surface area (Å²) in [5.74, 6) is 0. The Bertz CT molecular complexity index is 1020. The summed E-state index contributed by atoms with van der Waals surface area (Å²) < 4.78 is 0. The molecule has 1 N–H and O–H groups in total. The highest BCUT2D eigenvalue weighted by Gasteiger charge is 2.22. The zero-order chi connectivity index (χ0) is 19.4. The third kappa shape index (κ3) is 3.84. The molecule has 4 aromatic carbocycles. The van der Waals surface area contributed by atoms with E-state index in [1.54, 1.807) is 0 Å². The van der Waals surface area contributed by atoms with Crippen LogP contribution in [0, 0.1) is 0 Å². The number of benzene rings is 4. The second kappa shape index (κ2) is 7.74. The maximum atomic E-state index is 3.50. The van der Waals surface area contributed by atoms with Crippen molar-refractivity contribution in [3.63, 3.8) is 0 Å². The Morgan fingerprint density at radius 2 is 0.893 bits per heavy atom. The molecule has 0 heterocycles. The van der Waals surface area contributed by atoms with Crippen LogP contribution in [-0.2, 0) is 5.41 Å². The molecule has 0 aliphatic rings. The lowest BCUT2D eigenvalue weighted by Crippen LogP contribution is -2.18. The fourth-order valence-electron chi connectivity index (χ4n) is 3.53. The summed E-state index contributed by atoms with van der Waals surface area (Å²) in [4.78, 5) is 0. The fourth-order valence-corrected chi connectivity index (χ4v) is 3.53. The Morgan fingerprint density at radius 1 is 0.464 bits per heavy atom. The van der Waals surface area contributed by atoms with E-state index >= 15 is 0 Å². The summed E-state index contributed by atoms with van der Waals surface area (Å²) in [6, 6.07) is 38.4. The fraction of sp³-hybridized carbons (Fsp3) is 0.111. The molecule has 0 amide bonds. The molecular formula is C27H25N. The van der Waals surface area contributed by atoms with Gasteiger partial charge in [-0.15, -0.1) is 0 Å². The molecule has 0 atom stereocenters. The van der Waals surface area contributed by atoms with Crippen LogP contribution in [0.1, 0.15) is 25.0 Å². The molecule has 0 aliphatic carbocycles. The van der Waals surface area contributed by atoms with Gasteiger partial charge in [-0.05, 0) is 46.5 Å². The zero-order valence-electron chi connectivity index (χ0n) is 16.4. The maximum Gasteiger partial charge on any atom is 0.0384 e. The van der Waals surface area contributed by atoms with Gasteiger partial charge < -0.3 is 5.32 Å². The van der Waals surface area contributed by atoms with Gasteiger partial charge >= 0.3 is 0 Å². The molecule has 4 aromatic rings. The topological polar surface area (TPSA) is 12.0 Å². The van der Waals surface area contributed by atoms with Gasteiger partial charge in [-0.3, -0.25) is 0 Å². The zero-order valence-corrected chi connectivity index (χ0v) is 16.4. The van der Waals surface area contributed by atoms with Gasteiger partial charge in [-0.2, -0.15) is 0 Å². The quantitative estimate of drug-likeness (QED) is 0.389. The van der Waals surface area contributed by atoms with Crippen molar-refractivity contribution in [3.05, 3.63) is 120 Å². The largest absolute Gasteiger partial charge is 0.356 e. The van der Waals surface area contributed by atoms with E-state index in [2.05, 4.69) is 122 Å². The lowest BCUT2D eigenvalue weighted by molar-refractivity contribution is 0.641. The van der Waals surface area contributed by atoms with Crippen molar-refractivity contribution >= 4 is 11.4 Å². The minimum atomic E-state index is -0.0167. The van der Waals surface area contributed by atoms with E-state index in [-0.39, 0.29) is 5.41 Å². The third-order valence-electron chi connectivity index (χ3n) is 5.38. The molecular weight excluding hydrogens is 338 g/mol. The van der Waals surface area contributed by atoms with Gasteiger partial charge in [0.1, 0.15) is 0 Å². The highest BCUT2D eigenvalue weighted by molar-refractivity contribution is 5.68. The predicted molar refractivity (Wildman–Crippen MR) is 120 cm³/mol. The van der Waals surface area contributed by atoms with Crippen LogP contribution in [-0.4, -0.2) is 0 Å². The molecule has 4 rings (SSSR count). The van der Waals surface area contributed by atoms with Crippen LogP contribution >= 0.6 is 0 Å². The average Bonchev–Trinajstić information content (AvgIpc) is 2.76. The van der Waals surface area contributed by atoms with Gasteiger partial charge in [0.15, 0.2) is 0 Å². The number of rotatable bonds is 5. The summed E-state index contributed by atoms with van der Waals surface area (Å²) >= 11 is 0. The van der Waals surface area contributed by atoms with Crippen LogP contribution in [0.5, 0.6) is 0 Å². The smallest absolute Gasteiger partial charge is 0.0384 e. The van der Waals surface area contributed by atoms with Crippen molar-refractivity contribution in [1.82, 2.24) is 0 Å². The molecule has 0 fully saturated rings. The van der Waals surface area contributed by atoms with E-state index in [0.717, 1.165) is 11.4 Å². The summed E-state index contributed by atoms with van der Waals surface area (Å²) in [5, 5.41) is 3.50. The van der Waals surface area contributed by atoms with Crippen LogP contribution in [0.15, 0.2) is 109 Å². The Kier molecular flexibility index (Phi) is 4.99. The van der Waals surface area contributed by atoms with Crippen LogP contribution in [0.3, 0.4) is 0 Å². The van der Waals surface area contributed by atoms with Gasteiger partial charge in [0.2, 0.25) is 0 Å². The molecule has 0 saturated carbocycles. The second-order valence-corrected chi connectivity index (χ2v) is 7.64. The van der Waals surface area contributed by atoms with Crippen LogP contribution in [0.2, 0.25) is 0 Å². The minimum absolute atomic E-state index is 0.0167. The summed E-state index contributed by atoms with van der Waals surface area (Å²) in [6.07, 6.45) is 0. The Labute approximate surface area is 167 Å². The molecule has 138 valence electrons. The van der Waals surface area contributed by atoms with Gasteiger partial charge in [-0.25, -0.2) is 0 Å². The van der Waals surface area contributed by atoms with Crippen LogP contribution < -0.4 is 5.32 Å². The molecule has 0 aromatic heterocycles. The predicted octanol–water partition coefficient (Wildman–Crippen LogP) is 7.42. The average molecular weight is 364 g/mol. The molecule has 0 unspecified atom stereocenters. The third-order valence-corrected chi connectivity index (χ3v) is 5.38. The van der Waals surface area contributed by atoms with Crippen molar-refractivity contribution in [2.45, 2.75) is 19.3 Å². The van der Waals surface area contributed by atoms with Gasteiger partial charge in [0, 0.05) is 16.8 Å². The SMILES string of the molecule is CC(C)(c1ccccc1)c1ccc(Nc2ccc(-c3ccccc3)cc2)cc1. The number of hydrogen-bond donors (Lipinski definition) is 1. The summed E-state index contributed by atoms with van der Waals surface area (Å²) in [6.45, 7) is 4.54. The Balaban J connectivity index is 1.49. The lowest BCUT2D eigenvalue weighted by atomic mass is 9.78. The van der Waals surface area contributed by atoms with E-state index in [1.807, 2.05) is 6.07 Å². The van der Waals surface area contributed by atoms with E-state index in [1.165, 1.54) is 22.3 Å². The monoisotopic (exact) mass is 363 g/mol. The molecule has 0 aliphatic heterocycles. The molecule has 1 heteroatoms. The summed E-state index contributed by atoms with van der Waals surface area (Å²) in [5.41, 5.74) is 7.27. The Morgan fingerprint density at radius 3 is 1.46 bits per heavy atom. The van der Waals surface area contributed by atoms with E-state index in [0.29, 0.717) is 0 Å². The number of hydrogen-bond acceptors (Lipinski definition) is 1. The van der Waals surface area contributed by atoms with Crippen LogP contribution in [0.25, 0.3) is 11.1 Å². The van der Waals surface area contributed by atoms with E-state index < -0.39 is 0 Å². The molecule has 0 saturated heterocycles. The Hall–Kier alpha value is -3.32. The molecule has 28 heavy (non-hydrogen) atoms. The van der Waals surface area contributed by atoms with Crippen LogP contribution in [0.4, 0.5) is 11.4 Å². The molecule has 0 spiro atoms. The first-order chi connectivity index (χ1) is 13.6. The van der Waals surface area contributed by atoms with Gasteiger partial charge in [-0.1, -0.05) is 98.8 Å². The van der Waals surface area contributed by atoms with Crippen molar-refractivity contribution in [2.75, 3.05) is 5.32 Å². The van der Waals surface area contributed by atoms with E-state index in [9.17, 15) is 0 Å². The molecule has 0 radical (unpaired) electrons.